The van der Waals surface area contributed by atoms with Crippen molar-refractivity contribution in [3.05, 3.63) is 11.6 Å². The third-order valence-corrected chi connectivity index (χ3v) is 12.8. The van der Waals surface area contributed by atoms with Crippen LogP contribution in [-0.4, -0.2) is 59.1 Å². The second-order valence-electron chi connectivity index (χ2n) is 14.6. The molecule has 1 N–H and O–H groups in total. The quantitative estimate of drug-likeness (QED) is 0.321. The topological polar surface area (TPSA) is 112 Å². The van der Waals surface area contributed by atoms with E-state index in [-0.39, 0.29) is 53.3 Å². The maximum Gasteiger partial charge on any atom is 0.331 e. The van der Waals surface area contributed by atoms with Gasteiger partial charge in [-0.25, -0.2) is 4.79 Å². The molecule has 5 fully saturated rings. The Morgan fingerprint density at radius 1 is 0.974 bits per heavy atom. The summed E-state index contributed by atoms with van der Waals surface area (Å²) < 4.78 is 24.1. The van der Waals surface area contributed by atoms with Crippen molar-refractivity contribution in [3.8, 4) is 0 Å². The number of fused-ring (bicyclic) bond motifs is 3. The van der Waals surface area contributed by atoms with Crippen LogP contribution in [0.15, 0.2) is 11.6 Å². The van der Waals surface area contributed by atoms with Gasteiger partial charge in [0.05, 0.1) is 12.2 Å². The van der Waals surface area contributed by atoms with Gasteiger partial charge in [-0.3, -0.25) is 9.59 Å². The van der Waals surface area contributed by atoms with Gasteiger partial charge in [-0.2, -0.15) is 0 Å². The molecule has 6 rings (SSSR count). The largest absolute Gasteiger partial charge is 0.462 e. The SMILES string of the molecule is CC(=O)O[C@H]1C[C@@H](OC(C)=O)C(C)(C)C2C[C@@H](O)[C@]3(C)C(CC[C@@]4(C)[C@H](C5=CC(=O)OC5C)C[C@H]5O[C@]543)[C@]21C. The first kappa shape index (κ1) is 27.3. The maximum absolute atomic E-state index is 12.4. The smallest absolute Gasteiger partial charge is 0.331 e. The first-order valence-corrected chi connectivity index (χ1v) is 14.7. The van der Waals surface area contributed by atoms with Crippen LogP contribution in [0, 0.1) is 39.4 Å². The zero-order valence-electron chi connectivity index (χ0n) is 24.5. The molecule has 0 aromatic rings. The van der Waals surface area contributed by atoms with Gasteiger partial charge < -0.3 is 24.1 Å². The first-order valence-electron chi connectivity index (χ1n) is 14.7. The molecule has 216 valence electrons. The van der Waals surface area contributed by atoms with Crippen molar-refractivity contribution in [2.75, 3.05) is 0 Å². The Kier molecular flexibility index (Phi) is 5.65. The molecule has 8 nitrogen and oxygen atoms in total. The Morgan fingerprint density at radius 3 is 2.21 bits per heavy atom. The van der Waals surface area contributed by atoms with Gasteiger partial charge >= 0.3 is 17.9 Å². The summed E-state index contributed by atoms with van der Waals surface area (Å²) in [6.45, 7) is 15.8. The highest BCUT2D eigenvalue weighted by Crippen LogP contribution is 2.82. The summed E-state index contributed by atoms with van der Waals surface area (Å²) in [6.07, 6.45) is 3.38. The van der Waals surface area contributed by atoms with E-state index in [9.17, 15) is 19.5 Å². The lowest BCUT2D eigenvalue weighted by atomic mass is 9.35. The number of hydrogen-bond donors (Lipinski definition) is 1. The van der Waals surface area contributed by atoms with E-state index in [1.165, 1.54) is 13.8 Å². The number of esters is 3. The molecular weight excluding hydrogens is 500 g/mol. The number of carbonyl (C=O) groups excluding carboxylic acids is 3. The molecule has 0 aromatic heterocycles. The number of ether oxygens (including phenoxy) is 4. The summed E-state index contributed by atoms with van der Waals surface area (Å²) in [4.78, 5) is 36.7. The highest BCUT2D eigenvalue weighted by atomic mass is 16.6. The fourth-order valence-electron chi connectivity index (χ4n) is 11.2. The molecule has 0 aromatic carbocycles. The molecule has 2 aliphatic heterocycles. The summed E-state index contributed by atoms with van der Waals surface area (Å²) in [5.41, 5.74) is -1.21. The summed E-state index contributed by atoms with van der Waals surface area (Å²) in [5.74, 6) is -0.851. The van der Waals surface area contributed by atoms with Crippen LogP contribution in [0.25, 0.3) is 0 Å². The minimum Gasteiger partial charge on any atom is -0.462 e. The molecule has 6 aliphatic rings. The summed E-state index contributed by atoms with van der Waals surface area (Å²) in [7, 11) is 0. The molecule has 4 saturated carbocycles. The van der Waals surface area contributed by atoms with E-state index < -0.39 is 40.2 Å². The molecule has 39 heavy (non-hydrogen) atoms. The van der Waals surface area contributed by atoms with Crippen LogP contribution in [-0.2, 0) is 33.3 Å². The Hall–Kier alpha value is -1.93. The van der Waals surface area contributed by atoms with E-state index in [0.29, 0.717) is 12.8 Å². The van der Waals surface area contributed by atoms with Crippen LogP contribution in [0.5, 0.6) is 0 Å². The summed E-state index contributed by atoms with van der Waals surface area (Å²) in [6, 6.07) is 0. The van der Waals surface area contributed by atoms with Crippen LogP contribution >= 0.6 is 0 Å². The highest BCUT2D eigenvalue weighted by molar-refractivity contribution is 5.86. The molecule has 4 aliphatic carbocycles. The van der Waals surface area contributed by atoms with Gasteiger partial charge in [0.2, 0.25) is 0 Å². The van der Waals surface area contributed by atoms with Gasteiger partial charge in [0, 0.05) is 48.0 Å². The van der Waals surface area contributed by atoms with Crippen LogP contribution in [0.2, 0.25) is 0 Å². The fraction of sp³-hybridized carbons (Fsp3) is 0.839. The predicted octanol–water partition coefficient (Wildman–Crippen LogP) is 4.12. The first-order chi connectivity index (χ1) is 18.0. The number of aliphatic hydroxyl groups excluding tert-OH is 1. The Bertz CT molecular complexity index is 1160. The van der Waals surface area contributed by atoms with Gasteiger partial charge in [-0.15, -0.1) is 0 Å². The van der Waals surface area contributed by atoms with Crippen LogP contribution < -0.4 is 0 Å². The number of cyclic esters (lactones) is 1. The van der Waals surface area contributed by atoms with Gasteiger partial charge in [-0.05, 0) is 55.9 Å². The second kappa shape index (κ2) is 8.09. The number of carbonyl (C=O) groups is 3. The van der Waals surface area contributed by atoms with Crippen LogP contribution in [0.1, 0.15) is 87.5 Å². The van der Waals surface area contributed by atoms with E-state index in [4.69, 9.17) is 18.9 Å². The lowest BCUT2D eigenvalue weighted by Crippen LogP contribution is -2.73. The van der Waals surface area contributed by atoms with E-state index in [2.05, 4.69) is 34.6 Å². The average Bonchev–Trinajstić information content (AvgIpc) is 3.37. The van der Waals surface area contributed by atoms with Crippen LogP contribution in [0.3, 0.4) is 0 Å². The summed E-state index contributed by atoms with van der Waals surface area (Å²) >= 11 is 0. The summed E-state index contributed by atoms with van der Waals surface area (Å²) in [5, 5.41) is 12.2. The van der Waals surface area contributed by atoms with E-state index >= 15 is 0 Å². The van der Waals surface area contributed by atoms with Gasteiger partial charge in [0.25, 0.3) is 0 Å². The predicted molar refractivity (Wildman–Crippen MR) is 140 cm³/mol. The molecule has 0 bridgehead atoms. The maximum atomic E-state index is 12.4. The Labute approximate surface area is 231 Å². The zero-order valence-corrected chi connectivity index (χ0v) is 24.5. The number of rotatable bonds is 3. The van der Waals surface area contributed by atoms with Gasteiger partial charge in [-0.1, -0.05) is 34.6 Å². The van der Waals surface area contributed by atoms with Crippen molar-refractivity contribution in [3.63, 3.8) is 0 Å². The molecule has 1 spiro atoms. The van der Waals surface area contributed by atoms with E-state index in [0.717, 1.165) is 24.8 Å². The normalized spacial score (nSPS) is 52.8. The lowest BCUT2D eigenvalue weighted by Gasteiger charge is -2.70. The monoisotopic (exact) mass is 544 g/mol. The number of hydrogen-bond acceptors (Lipinski definition) is 8. The van der Waals surface area contributed by atoms with Crippen molar-refractivity contribution >= 4 is 17.9 Å². The molecule has 12 atom stereocenters. The van der Waals surface area contributed by atoms with Gasteiger partial charge in [0.1, 0.15) is 23.9 Å². The third-order valence-electron chi connectivity index (χ3n) is 12.8. The van der Waals surface area contributed by atoms with Crippen molar-refractivity contribution < 1.29 is 38.4 Å². The zero-order chi connectivity index (χ0) is 28.5. The van der Waals surface area contributed by atoms with Crippen molar-refractivity contribution in [2.24, 2.45) is 39.4 Å². The number of aliphatic hydroxyl groups is 1. The average molecular weight is 545 g/mol. The van der Waals surface area contributed by atoms with Crippen molar-refractivity contribution in [2.45, 2.75) is 124 Å². The second-order valence-corrected chi connectivity index (χ2v) is 14.6. The van der Waals surface area contributed by atoms with E-state index in [1.807, 2.05) is 6.92 Å². The molecule has 8 heteroatoms. The standard InChI is InChI=1S/C31H44O8/c1-15-18(11-26(35)36-15)19-12-25-31(39-25)28(19,6)10-9-20-29(7)21(13-22(34)30(20,31)8)27(4,5)23(37-16(2)32)14-24(29)38-17(3)33/h11,15,19-25,34H,9-10,12-14H2,1-8H3/t15?,19-,20?,21?,22+,23+,24-,25+,28-,29+,30-,31+/m0/s1. The Morgan fingerprint density at radius 2 is 1.62 bits per heavy atom. The lowest BCUT2D eigenvalue weighted by molar-refractivity contribution is -0.288. The molecular formula is C31H44O8. The van der Waals surface area contributed by atoms with E-state index in [1.54, 1.807) is 6.08 Å². The van der Waals surface area contributed by atoms with Gasteiger partial charge in [0.15, 0.2) is 0 Å². The highest BCUT2D eigenvalue weighted by Gasteiger charge is 2.87. The molecule has 0 amide bonds. The number of epoxide rings is 1. The fourth-order valence-corrected chi connectivity index (χ4v) is 11.2. The minimum absolute atomic E-state index is 0.00327. The minimum atomic E-state index is -0.648. The molecule has 3 unspecified atom stereocenters. The van der Waals surface area contributed by atoms with Crippen molar-refractivity contribution in [1.29, 1.82) is 0 Å². The van der Waals surface area contributed by atoms with Crippen LogP contribution in [0.4, 0.5) is 0 Å². The molecule has 1 saturated heterocycles. The molecule has 2 heterocycles. The molecule has 0 radical (unpaired) electrons. The Balaban J connectivity index is 1.44. The van der Waals surface area contributed by atoms with Crippen molar-refractivity contribution in [1.82, 2.24) is 0 Å². The third kappa shape index (κ3) is 3.16.